The van der Waals surface area contributed by atoms with Gasteiger partial charge in [-0.05, 0) is 37.4 Å². The molecule has 2 aromatic carbocycles. The third-order valence-corrected chi connectivity index (χ3v) is 3.84. The molecule has 0 saturated heterocycles. The van der Waals surface area contributed by atoms with E-state index in [-0.39, 0.29) is 0 Å². The van der Waals surface area contributed by atoms with Gasteiger partial charge in [0.15, 0.2) is 0 Å². The molecule has 0 spiro atoms. The van der Waals surface area contributed by atoms with E-state index < -0.39 is 0 Å². The van der Waals surface area contributed by atoms with E-state index in [0.717, 1.165) is 18.1 Å². The van der Waals surface area contributed by atoms with Crippen LogP contribution in [0.4, 0.5) is 0 Å². The number of nitrogens with one attached hydrogen (secondary N) is 1. The predicted molar refractivity (Wildman–Crippen MR) is 96.2 cm³/mol. The van der Waals surface area contributed by atoms with Gasteiger partial charge in [-0.2, -0.15) is 0 Å². The molecule has 0 aliphatic rings. The summed E-state index contributed by atoms with van der Waals surface area (Å²) in [5.41, 5.74) is 2.50. The van der Waals surface area contributed by atoms with Gasteiger partial charge in [0.1, 0.15) is 0 Å². The Morgan fingerprint density at radius 3 is 2.36 bits per heavy atom. The van der Waals surface area contributed by atoms with Crippen molar-refractivity contribution < 1.29 is 0 Å². The molecule has 0 fully saturated rings. The van der Waals surface area contributed by atoms with Crippen molar-refractivity contribution in [2.45, 2.75) is 6.04 Å². The van der Waals surface area contributed by atoms with Crippen molar-refractivity contribution >= 4 is 17.7 Å². The Bertz CT molecular complexity index is 576. The Morgan fingerprint density at radius 1 is 1.05 bits per heavy atom. The molecule has 0 aliphatic heterocycles. The first-order chi connectivity index (χ1) is 10.7. The van der Waals surface area contributed by atoms with Crippen molar-refractivity contribution in [3.05, 3.63) is 76.8 Å². The second kappa shape index (κ2) is 8.74. The van der Waals surface area contributed by atoms with E-state index >= 15 is 0 Å². The summed E-state index contributed by atoms with van der Waals surface area (Å²) in [4.78, 5) is 2.22. The van der Waals surface area contributed by atoms with Crippen LogP contribution in [-0.4, -0.2) is 32.1 Å². The number of hydrogen-bond acceptors (Lipinski definition) is 2. The summed E-state index contributed by atoms with van der Waals surface area (Å²) >= 11 is 5.96. The normalized spacial score (nSPS) is 12.9. The lowest BCUT2D eigenvalue weighted by Crippen LogP contribution is -2.31. The quantitative estimate of drug-likeness (QED) is 0.769. The van der Waals surface area contributed by atoms with E-state index in [4.69, 9.17) is 11.6 Å². The maximum absolute atomic E-state index is 5.96. The van der Waals surface area contributed by atoms with Gasteiger partial charge in [-0.15, -0.1) is 0 Å². The van der Waals surface area contributed by atoms with Crippen molar-refractivity contribution in [2.75, 3.05) is 27.2 Å². The Kier molecular flexibility index (Phi) is 6.66. The molecule has 1 N–H and O–H groups in total. The van der Waals surface area contributed by atoms with Crippen LogP contribution in [0.25, 0.3) is 6.08 Å². The molecule has 1 atom stereocenters. The highest BCUT2D eigenvalue weighted by atomic mass is 35.5. The number of halogens is 1. The third-order valence-electron chi connectivity index (χ3n) is 3.59. The van der Waals surface area contributed by atoms with Crippen LogP contribution in [-0.2, 0) is 0 Å². The van der Waals surface area contributed by atoms with Gasteiger partial charge < -0.3 is 10.2 Å². The first-order valence-corrected chi connectivity index (χ1v) is 7.89. The molecule has 2 aromatic rings. The van der Waals surface area contributed by atoms with E-state index in [1.807, 2.05) is 18.2 Å². The average Bonchev–Trinajstić information content (AvgIpc) is 2.53. The highest BCUT2D eigenvalue weighted by Crippen LogP contribution is 2.19. The van der Waals surface area contributed by atoms with Gasteiger partial charge in [-0.25, -0.2) is 0 Å². The molecule has 0 aliphatic carbocycles. The second-order valence-corrected chi connectivity index (χ2v) is 5.94. The first-order valence-electron chi connectivity index (χ1n) is 7.51. The Hall–Kier alpha value is -1.61. The predicted octanol–water partition coefficient (Wildman–Crippen LogP) is 4.25. The third kappa shape index (κ3) is 5.30. The number of benzene rings is 2. The van der Waals surface area contributed by atoms with Crippen molar-refractivity contribution in [2.24, 2.45) is 0 Å². The molecule has 22 heavy (non-hydrogen) atoms. The second-order valence-electron chi connectivity index (χ2n) is 5.50. The number of hydrogen-bond donors (Lipinski definition) is 1. The minimum atomic E-state index is 0.336. The summed E-state index contributed by atoms with van der Waals surface area (Å²) in [6, 6.07) is 18.8. The molecule has 2 rings (SSSR count). The molecule has 2 nitrogen and oxygen atoms in total. The molecule has 3 heteroatoms. The van der Waals surface area contributed by atoms with Crippen molar-refractivity contribution in [3.63, 3.8) is 0 Å². The molecular formula is C19H23ClN2. The Morgan fingerprint density at radius 2 is 1.73 bits per heavy atom. The fraction of sp³-hybridized carbons (Fsp3) is 0.263. The molecule has 0 heterocycles. The Balaban J connectivity index is 1.85. The van der Waals surface area contributed by atoms with Crippen LogP contribution in [0.5, 0.6) is 0 Å². The molecule has 0 saturated carbocycles. The summed E-state index contributed by atoms with van der Waals surface area (Å²) in [5, 5.41) is 4.27. The summed E-state index contributed by atoms with van der Waals surface area (Å²) in [5.74, 6) is 0. The molecule has 0 radical (unpaired) electrons. The van der Waals surface area contributed by atoms with Gasteiger partial charge in [0.25, 0.3) is 0 Å². The van der Waals surface area contributed by atoms with Gasteiger partial charge in [0, 0.05) is 24.2 Å². The van der Waals surface area contributed by atoms with E-state index in [2.05, 4.69) is 72.9 Å². The van der Waals surface area contributed by atoms with Gasteiger partial charge >= 0.3 is 0 Å². The highest BCUT2D eigenvalue weighted by molar-refractivity contribution is 6.30. The lowest BCUT2D eigenvalue weighted by atomic mass is 10.1. The smallest absolute Gasteiger partial charge is 0.0466 e. The largest absolute Gasteiger partial charge is 0.311 e. The first kappa shape index (κ1) is 16.8. The highest BCUT2D eigenvalue weighted by Gasteiger charge is 2.12. The van der Waals surface area contributed by atoms with Crippen LogP contribution >= 0.6 is 11.6 Å². The van der Waals surface area contributed by atoms with Crippen LogP contribution in [0.15, 0.2) is 60.7 Å². The number of nitrogens with zero attached hydrogens (tertiary/aromatic N) is 1. The topological polar surface area (TPSA) is 15.3 Å². The number of likely N-dealkylation sites (N-methyl/N-ethyl adjacent to an activating group) is 1. The molecule has 1 unspecified atom stereocenters. The molecular weight excluding hydrogens is 292 g/mol. The fourth-order valence-corrected chi connectivity index (χ4v) is 2.47. The van der Waals surface area contributed by atoms with E-state index in [1.54, 1.807) is 0 Å². The SMILES string of the molecule is CN(C)C(CNC/C=C/c1ccccc1)c1ccc(Cl)cc1. The van der Waals surface area contributed by atoms with Crippen LogP contribution in [0.2, 0.25) is 5.02 Å². The van der Waals surface area contributed by atoms with Gasteiger partial charge in [-0.1, -0.05) is 66.2 Å². The molecule has 0 aromatic heterocycles. The summed E-state index contributed by atoms with van der Waals surface area (Å²) in [7, 11) is 4.20. The van der Waals surface area contributed by atoms with Gasteiger partial charge in [0.2, 0.25) is 0 Å². The maximum Gasteiger partial charge on any atom is 0.0466 e. The summed E-state index contributed by atoms with van der Waals surface area (Å²) < 4.78 is 0. The molecule has 0 bridgehead atoms. The lowest BCUT2D eigenvalue weighted by Gasteiger charge is -2.25. The molecule has 116 valence electrons. The fourth-order valence-electron chi connectivity index (χ4n) is 2.35. The van der Waals surface area contributed by atoms with E-state index in [9.17, 15) is 0 Å². The Labute approximate surface area is 138 Å². The van der Waals surface area contributed by atoms with Crippen LogP contribution < -0.4 is 5.32 Å². The number of rotatable bonds is 7. The standard InChI is InChI=1S/C19H23ClN2/c1-22(2)19(17-10-12-18(20)13-11-17)15-21-14-6-9-16-7-4-3-5-8-16/h3-13,19,21H,14-15H2,1-2H3/b9-6+. The van der Waals surface area contributed by atoms with Gasteiger partial charge in [-0.3, -0.25) is 0 Å². The zero-order valence-electron chi connectivity index (χ0n) is 13.2. The van der Waals surface area contributed by atoms with E-state index in [1.165, 1.54) is 11.1 Å². The maximum atomic E-state index is 5.96. The molecule has 0 amide bonds. The summed E-state index contributed by atoms with van der Waals surface area (Å²) in [6.07, 6.45) is 4.30. The summed E-state index contributed by atoms with van der Waals surface area (Å²) in [6.45, 7) is 1.75. The van der Waals surface area contributed by atoms with Crippen LogP contribution in [0.1, 0.15) is 17.2 Å². The van der Waals surface area contributed by atoms with E-state index in [0.29, 0.717) is 6.04 Å². The lowest BCUT2D eigenvalue weighted by molar-refractivity contribution is 0.291. The van der Waals surface area contributed by atoms with Crippen molar-refractivity contribution in [1.29, 1.82) is 0 Å². The minimum absolute atomic E-state index is 0.336. The zero-order chi connectivity index (χ0) is 15.8. The van der Waals surface area contributed by atoms with Crippen LogP contribution in [0.3, 0.4) is 0 Å². The minimum Gasteiger partial charge on any atom is -0.311 e. The van der Waals surface area contributed by atoms with Gasteiger partial charge in [0.05, 0.1) is 0 Å². The zero-order valence-corrected chi connectivity index (χ0v) is 13.9. The van der Waals surface area contributed by atoms with Crippen LogP contribution in [0, 0.1) is 0 Å². The van der Waals surface area contributed by atoms with Crippen molar-refractivity contribution in [1.82, 2.24) is 10.2 Å². The van der Waals surface area contributed by atoms with Crippen molar-refractivity contribution in [3.8, 4) is 0 Å². The monoisotopic (exact) mass is 314 g/mol. The average molecular weight is 315 g/mol.